The molecule has 1 aromatic heterocycles. The number of likely N-dealkylation sites (tertiary alicyclic amines) is 2. The van der Waals surface area contributed by atoms with E-state index < -0.39 is 0 Å². The summed E-state index contributed by atoms with van der Waals surface area (Å²) in [5, 5.41) is 3.11. The Labute approximate surface area is 172 Å². The highest BCUT2D eigenvalue weighted by atomic mass is 16.2. The van der Waals surface area contributed by atoms with E-state index in [9.17, 15) is 14.4 Å². The summed E-state index contributed by atoms with van der Waals surface area (Å²) in [5.74, 6) is 0.544. The maximum Gasteiger partial charge on any atom is 0.254 e. The Morgan fingerprint density at radius 3 is 2.62 bits per heavy atom. The third-order valence-electron chi connectivity index (χ3n) is 6.35. The molecule has 0 unspecified atom stereocenters. The van der Waals surface area contributed by atoms with Crippen LogP contribution in [0.3, 0.4) is 0 Å². The van der Waals surface area contributed by atoms with E-state index in [4.69, 9.17) is 0 Å². The van der Waals surface area contributed by atoms with Crippen LogP contribution in [0.25, 0.3) is 0 Å². The Morgan fingerprint density at radius 2 is 1.93 bits per heavy atom. The predicted octanol–water partition coefficient (Wildman–Crippen LogP) is 1.92. The van der Waals surface area contributed by atoms with Gasteiger partial charge < -0.3 is 15.2 Å². The highest BCUT2D eigenvalue weighted by Gasteiger charge is 2.25. The molecule has 7 nitrogen and oxygen atoms in total. The normalized spacial score (nSPS) is 20.8. The summed E-state index contributed by atoms with van der Waals surface area (Å²) < 4.78 is 0. The van der Waals surface area contributed by atoms with Crippen LogP contribution in [0.15, 0.2) is 16.9 Å². The number of carbonyl (C=O) groups is 2. The minimum absolute atomic E-state index is 0.0764. The highest BCUT2D eigenvalue weighted by Crippen LogP contribution is 2.23. The Kier molecular flexibility index (Phi) is 7.47. The second-order valence-corrected chi connectivity index (χ2v) is 8.42. The van der Waals surface area contributed by atoms with E-state index in [1.807, 2.05) is 4.90 Å². The minimum Gasteiger partial charge on any atom is -0.355 e. The zero-order valence-electron chi connectivity index (χ0n) is 17.7. The number of piperidine rings is 1. The van der Waals surface area contributed by atoms with Crippen molar-refractivity contribution in [1.82, 2.24) is 20.1 Å². The third kappa shape index (κ3) is 5.92. The van der Waals surface area contributed by atoms with E-state index in [-0.39, 0.29) is 17.4 Å². The maximum absolute atomic E-state index is 12.6. The number of nitrogens with zero attached hydrogens (tertiary/aromatic N) is 2. The zero-order valence-corrected chi connectivity index (χ0v) is 17.7. The van der Waals surface area contributed by atoms with Gasteiger partial charge in [-0.3, -0.25) is 19.3 Å². The first-order valence-corrected chi connectivity index (χ1v) is 11.0. The van der Waals surface area contributed by atoms with Gasteiger partial charge in [0.25, 0.3) is 5.91 Å². The molecule has 2 aliphatic heterocycles. The van der Waals surface area contributed by atoms with E-state index in [0.29, 0.717) is 42.7 Å². The summed E-state index contributed by atoms with van der Waals surface area (Å²) in [7, 11) is 0. The zero-order chi connectivity index (χ0) is 20.8. The summed E-state index contributed by atoms with van der Waals surface area (Å²) in [6.45, 7) is 8.28. The second kappa shape index (κ2) is 10.1. The molecule has 7 heteroatoms. The van der Waals surface area contributed by atoms with Crippen LogP contribution in [0.1, 0.15) is 61.5 Å². The molecule has 160 valence electrons. The average molecular weight is 403 g/mol. The van der Waals surface area contributed by atoms with Crippen LogP contribution in [0.5, 0.6) is 0 Å². The molecule has 3 rings (SSSR count). The van der Waals surface area contributed by atoms with Gasteiger partial charge in [-0.2, -0.15) is 0 Å². The van der Waals surface area contributed by atoms with E-state index in [1.165, 1.54) is 18.9 Å². The predicted molar refractivity (Wildman–Crippen MR) is 113 cm³/mol. The van der Waals surface area contributed by atoms with Crippen molar-refractivity contribution in [2.24, 2.45) is 5.92 Å². The van der Waals surface area contributed by atoms with Crippen molar-refractivity contribution in [2.75, 3.05) is 32.7 Å². The van der Waals surface area contributed by atoms with Crippen molar-refractivity contribution in [3.05, 3.63) is 33.7 Å². The van der Waals surface area contributed by atoms with Crippen LogP contribution in [-0.2, 0) is 4.79 Å². The number of aryl methyl sites for hydroxylation is 1. The van der Waals surface area contributed by atoms with Crippen LogP contribution < -0.4 is 10.9 Å². The van der Waals surface area contributed by atoms with Crippen molar-refractivity contribution in [2.45, 2.75) is 58.4 Å². The number of hydrogen-bond donors (Lipinski definition) is 2. The number of aromatic amines is 1. The second-order valence-electron chi connectivity index (χ2n) is 8.42. The van der Waals surface area contributed by atoms with Crippen LogP contribution in [0.2, 0.25) is 0 Å². The molecule has 3 heterocycles. The van der Waals surface area contributed by atoms with Crippen LogP contribution in [0, 0.1) is 12.8 Å². The monoisotopic (exact) mass is 402 g/mol. The first-order valence-electron chi connectivity index (χ1n) is 11.0. The summed E-state index contributed by atoms with van der Waals surface area (Å²) in [6.07, 6.45) is 5.65. The Morgan fingerprint density at radius 1 is 1.17 bits per heavy atom. The summed E-state index contributed by atoms with van der Waals surface area (Å²) in [5.41, 5.74) is 0.910. The number of rotatable bonds is 7. The van der Waals surface area contributed by atoms with Crippen molar-refractivity contribution in [3.63, 3.8) is 0 Å². The molecule has 0 spiro atoms. The SMILES string of the molecule is CCN1CCC[C@H]1CNC(=O)CCC1CCN(C(=O)c2cc(C)[nH]c(=O)c2)CC1. The molecule has 29 heavy (non-hydrogen) atoms. The van der Waals surface area contributed by atoms with Gasteiger partial charge in [0.05, 0.1) is 0 Å². The summed E-state index contributed by atoms with van der Waals surface area (Å²) >= 11 is 0. The molecular formula is C22H34N4O3. The number of likely N-dealkylation sites (N-methyl/N-ethyl adjacent to an activating group) is 1. The molecular weight excluding hydrogens is 368 g/mol. The van der Waals surface area contributed by atoms with Crippen molar-refractivity contribution in [3.8, 4) is 0 Å². The number of carbonyl (C=O) groups excluding carboxylic acids is 2. The van der Waals surface area contributed by atoms with Crippen LogP contribution >= 0.6 is 0 Å². The number of pyridine rings is 1. The molecule has 2 amide bonds. The fourth-order valence-electron chi connectivity index (χ4n) is 4.61. The number of hydrogen-bond acceptors (Lipinski definition) is 4. The lowest BCUT2D eigenvalue weighted by molar-refractivity contribution is -0.121. The fourth-order valence-corrected chi connectivity index (χ4v) is 4.61. The molecule has 0 aliphatic carbocycles. The first kappa shape index (κ1) is 21.6. The molecule has 0 saturated carbocycles. The van der Waals surface area contributed by atoms with Crippen LogP contribution in [-0.4, -0.2) is 65.4 Å². The van der Waals surface area contributed by atoms with Gasteiger partial charge in [0.2, 0.25) is 11.5 Å². The van der Waals surface area contributed by atoms with Gasteiger partial charge in [0, 0.05) is 49.4 Å². The van der Waals surface area contributed by atoms with E-state index in [1.54, 1.807) is 13.0 Å². The third-order valence-corrected chi connectivity index (χ3v) is 6.35. The quantitative estimate of drug-likeness (QED) is 0.730. The fraction of sp³-hybridized carbons (Fsp3) is 0.682. The lowest BCUT2D eigenvalue weighted by Gasteiger charge is -2.32. The van der Waals surface area contributed by atoms with Crippen LogP contribution in [0.4, 0.5) is 0 Å². The Bertz CT molecular complexity index is 768. The highest BCUT2D eigenvalue weighted by molar-refractivity contribution is 5.94. The summed E-state index contributed by atoms with van der Waals surface area (Å²) in [6, 6.07) is 3.59. The maximum atomic E-state index is 12.6. The molecule has 1 aromatic rings. The molecule has 2 N–H and O–H groups in total. The van der Waals surface area contributed by atoms with Crippen molar-refractivity contribution >= 4 is 11.8 Å². The van der Waals surface area contributed by atoms with Gasteiger partial charge in [0.15, 0.2) is 0 Å². The molecule has 0 bridgehead atoms. The van der Waals surface area contributed by atoms with Crippen molar-refractivity contribution in [1.29, 1.82) is 0 Å². The van der Waals surface area contributed by atoms with E-state index in [2.05, 4.69) is 22.1 Å². The molecule has 2 fully saturated rings. The average Bonchev–Trinajstić information content (AvgIpc) is 3.17. The van der Waals surface area contributed by atoms with Gasteiger partial charge in [-0.05, 0) is 64.1 Å². The summed E-state index contributed by atoms with van der Waals surface area (Å²) in [4.78, 5) is 43.4. The number of H-pyrrole nitrogens is 1. The number of nitrogens with one attached hydrogen (secondary N) is 2. The lowest BCUT2D eigenvalue weighted by Crippen LogP contribution is -2.40. The number of amides is 2. The minimum atomic E-state index is -0.242. The van der Waals surface area contributed by atoms with Gasteiger partial charge in [0.1, 0.15) is 0 Å². The molecule has 0 aromatic carbocycles. The first-order chi connectivity index (χ1) is 14.0. The largest absolute Gasteiger partial charge is 0.355 e. The van der Waals surface area contributed by atoms with E-state index >= 15 is 0 Å². The Hall–Kier alpha value is -2.15. The standard InChI is InChI=1S/C22H34N4O3/c1-3-25-10-4-5-19(25)15-23-20(27)7-6-17-8-11-26(12-9-17)22(29)18-13-16(2)24-21(28)14-18/h13-14,17,19H,3-12,15H2,1-2H3,(H,23,27)(H,24,28)/t19-/m0/s1. The van der Waals surface area contributed by atoms with Gasteiger partial charge in [-0.15, -0.1) is 0 Å². The molecule has 2 saturated heterocycles. The van der Waals surface area contributed by atoms with Gasteiger partial charge >= 0.3 is 0 Å². The van der Waals surface area contributed by atoms with Gasteiger partial charge in [-0.1, -0.05) is 6.92 Å². The Balaban J connectivity index is 1.38. The topological polar surface area (TPSA) is 85.5 Å². The van der Waals surface area contributed by atoms with E-state index in [0.717, 1.165) is 38.9 Å². The molecule has 1 atom stereocenters. The molecule has 0 radical (unpaired) electrons. The smallest absolute Gasteiger partial charge is 0.254 e. The van der Waals surface area contributed by atoms with Crippen molar-refractivity contribution < 1.29 is 9.59 Å². The lowest BCUT2D eigenvalue weighted by atomic mass is 9.91. The number of aromatic nitrogens is 1. The molecule has 2 aliphatic rings. The van der Waals surface area contributed by atoms with Gasteiger partial charge in [-0.25, -0.2) is 0 Å².